The molecule has 1 aromatic carbocycles. The average Bonchev–Trinajstić information content (AvgIpc) is 2.27. The van der Waals surface area contributed by atoms with Crippen LogP contribution in [-0.4, -0.2) is 19.0 Å². The van der Waals surface area contributed by atoms with Crippen LogP contribution in [0.1, 0.15) is 18.1 Å². The number of hydrogen-bond acceptors (Lipinski definition) is 3. The van der Waals surface area contributed by atoms with Crippen LogP contribution in [0, 0.1) is 18.3 Å². The minimum atomic E-state index is -0.131. The van der Waals surface area contributed by atoms with Gasteiger partial charge in [0.2, 0.25) is 0 Å². The highest BCUT2D eigenvalue weighted by atomic mass is 16.1. The maximum Gasteiger partial charge on any atom is 0.251 e. The van der Waals surface area contributed by atoms with E-state index in [0.717, 1.165) is 29.8 Å². The maximum atomic E-state index is 12.0. The minimum Gasteiger partial charge on any atom is -0.321 e. The molecule has 0 radical (unpaired) electrons. The summed E-state index contributed by atoms with van der Waals surface area (Å²) in [4.78, 5) is 12.0. The zero-order valence-corrected chi connectivity index (χ0v) is 10.5. The number of hydrogen-bond donors (Lipinski definition) is 2. The summed E-state index contributed by atoms with van der Waals surface area (Å²) in [5, 5.41) is 15.0. The van der Waals surface area contributed by atoms with Gasteiger partial charge in [0.25, 0.3) is 5.91 Å². The molecule has 0 spiro atoms. The van der Waals surface area contributed by atoms with E-state index in [1.54, 1.807) is 6.07 Å². The van der Waals surface area contributed by atoms with Gasteiger partial charge in [0, 0.05) is 18.7 Å². The van der Waals surface area contributed by atoms with Gasteiger partial charge in [-0.25, -0.2) is 0 Å². The Bertz CT molecular complexity index is 561. The number of aryl methyl sites for hydroxylation is 1. The predicted molar refractivity (Wildman–Crippen MR) is 70.1 cm³/mol. The molecule has 0 saturated carbocycles. The van der Waals surface area contributed by atoms with E-state index in [4.69, 9.17) is 5.26 Å². The molecule has 1 aliphatic heterocycles. The Labute approximate surface area is 106 Å². The van der Waals surface area contributed by atoms with Crippen LogP contribution in [0.15, 0.2) is 29.3 Å². The van der Waals surface area contributed by atoms with Crippen LogP contribution < -0.4 is 10.6 Å². The number of nitrogens with one attached hydrogen (secondary N) is 2. The number of nitriles is 1. The van der Waals surface area contributed by atoms with E-state index in [1.165, 1.54) is 0 Å². The lowest BCUT2D eigenvalue weighted by atomic mass is 10.0. The zero-order chi connectivity index (χ0) is 13.1. The number of carbonyl (C=O) groups excluding carboxylic acids is 1. The summed E-state index contributed by atoms with van der Waals surface area (Å²) in [7, 11) is 0. The summed E-state index contributed by atoms with van der Waals surface area (Å²) in [6, 6.07) is 7.56. The van der Waals surface area contributed by atoms with E-state index in [0.29, 0.717) is 11.3 Å². The molecular formula is C14H15N3O. The lowest BCUT2D eigenvalue weighted by Crippen LogP contribution is -2.36. The first-order valence-electron chi connectivity index (χ1n) is 5.84. The van der Waals surface area contributed by atoms with Gasteiger partial charge in [0.05, 0.1) is 11.3 Å². The topological polar surface area (TPSA) is 64.9 Å². The third-order valence-electron chi connectivity index (χ3n) is 3.18. The molecule has 1 fully saturated rings. The van der Waals surface area contributed by atoms with Crippen molar-refractivity contribution in [3.8, 4) is 6.07 Å². The number of anilines is 1. The van der Waals surface area contributed by atoms with E-state index >= 15 is 0 Å². The molecule has 1 amide bonds. The molecule has 92 valence electrons. The number of carbonyl (C=O) groups is 1. The molecule has 18 heavy (non-hydrogen) atoms. The average molecular weight is 241 g/mol. The van der Waals surface area contributed by atoms with Crippen molar-refractivity contribution in [1.29, 1.82) is 5.26 Å². The van der Waals surface area contributed by atoms with Crippen molar-refractivity contribution in [2.45, 2.75) is 13.8 Å². The van der Waals surface area contributed by atoms with Crippen LogP contribution in [0.2, 0.25) is 0 Å². The van der Waals surface area contributed by atoms with Gasteiger partial charge in [-0.15, -0.1) is 0 Å². The molecule has 1 aliphatic rings. The maximum absolute atomic E-state index is 12.0. The van der Waals surface area contributed by atoms with Crippen LogP contribution in [0.4, 0.5) is 5.69 Å². The summed E-state index contributed by atoms with van der Waals surface area (Å²) in [5.41, 5.74) is 3.83. The fraction of sp³-hybridized carbons (Fsp3) is 0.286. The van der Waals surface area contributed by atoms with Crippen LogP contribution in [0.25, 0.3) is 0 Å². The zero-order valence-electron chi connectivity index (χ0n) is 10.5. The Balaban J connectivity index is 2.23. The molecule has 0 aliphatic carbocycles. The van der Waals surface area contributed by atoms with E-state index in [-0.39, 0.29) is 5.91 Å². The van der Waals surface area contributed by atoms with E-state index < -0.39 is 0 Å². The fourth-order valence-corrected chi connectivity index (χ4v) is 1.81. The van der Waals surface area contributed by atoms with Crippen molar-refractivity contribution in [3.63, 3.8) is 0 Å². The second-order valence-corrected chi connectivity index (χ2v) is 4.40. The molecule has 0 bridgehead atoms. The Morgan fingerprint density at radius 1 is 1.44 bits per heavy atom. The van der Waals surface area contributed by atoms with Gasteiger partial charge >= 0.3 is 0 Å². The predicted octanol–water partition coefficient (Wildman–Crippen LogP) is 1.72. The molecule has 4 nitrogen and oxygen atoms in total. The summed E-state index contributed by atoms with van der Waals surface area (Å²) in [5.74, 6) is -0.131. The quantitative estimate of drug-likeness (QED) is 0.775. The van der Waals surface area contributed by atoms with Crippen molar-refractivity contribution < 1.29 is 4.79 Å². The van der Waals surface area contributed by atoms with E-state index in [9.17, 15) is 4.79 Å². The molecule has 1 aromatic rings. The van der Waals surface area contributed by atoms with Crippen molar-refractivity contribution in [2.75, 3.05) is 18.4 Å². The molecule has 0 unspecified atom stereocenters. The molecule has 0 atom stereocenters. The van der Waals surface area contributed by atoms with Crippen molar-refractivity contribution in [2.24, 2.45) is 0 Å². The van der Waals surface area contributed by atoms with Gasteiger partial charge in [-0.1, -0.05) is 12.1 Å². The van der Waals surface area contributed by atoms with Crippen molar-refractivity contribution in [1.82, 2.24) is 5.32 Å². The molecule has 2 N–H and O–H groups in total. The molecule has 0 aromatic heterocycles. The third-order valence-corrected chi connectivity index (χ3v) is 3.18. The first-order valence-corrected chi connectivity index (χ1v) is 5.84. The van der Waals surface area contributed by atoms with Gasteiger partial charge in [0.15, 0.2) is 0 Å². The van der Waals surface area contributed by atoms with Crippen molar-refractivity contribution >= 4 is 11.6 Å². The monoisotopic (exact) mass is 241 g/mol. The third kappa shape index (κ3) is 2.27. The Hall–Kier alpha value is -2.12. The highest BCUT2D eigenvalue weighted by Crippen LogP contribution is 2.19. The van der Waals surface area contributed by atoms with E-state index in [2.05, 4.69) is 16.7 Å². The summed E-state index contributed by atoms with van der Waals surface area (Å²) in [6.07, 6.45) is 0. The largest absolute Gasteiger partial charge is 0.321 e. The highest BCUT2D eigenvalue weighted by Gasteiger charge is 2.17. The summed E-state index contributed by atoms with van der Waals surface area (Å²) < 4.78 is 0. The lowest BCUT2D eigenvalue weighted by molar-refractivity contribution is -0.112. The van der Waals surface area contributed by atoms with Gasteiger partial charge < -0.3 is 10.6 Å². The molecular weight excluding hydrogens is 226 g/mol. The van der Waals surface area contributed by atoms with Crippen LogP contribution >= 0.6 is 0 Å². The first-order chi connectivity index (χ1) is 8.63. The van der Waals surface area contributed by atoms with Crippen LogP contribution in [0.5, 0.6) is 0 Å². The van der Waals surface area contributed by atoms with Crippen LogP contribution in [-0.2, 0) is 4.79 Å². The first kappa shape index (κ1) is 12.3. The molecule has 1 saturated heterocycles. The lowest BCUT2D eigenvalue weighted by Gasteiger charge is -2.21. The SMILES string of the molecule is CC(C(=O)Nc1cccc(C)c1C#N)=C1CNC1. The van der Waals surface area contributed by atoms with Crippen LogP contribution in [0.3, 0.4) is 0 Å². The van der Waals surface area contributed by atoms with Gasteiger partial charge in [-0.05, 0) is 31.1 Å². The molecule has 2 rings (SSSR count). The highest BCUT2D eigenvalue weighted by molar-refractivity contribution is 6.04. The smallest absolute Gasteiger partial charge is 0.251 e. The second kappa shape index (κ2) is 5.03. The Morgan fingerprint density at radius 3 is 2.72 bits per heavy atom. The Kier molecular flexibility index (Phi) is 3.45. The van der Waals surface area contributed by atoms with E-state index in [1.807, 2.05) is 26.0 Å². The summed E-state index contributed by atoms with van der Waals surface area (Å²) in [6.45, 7) is 5.22. The van der Waals surface area contributed by atoms with Gasteiger partial charge in [0.1, 0.15) is 6.07 Å². The number of nitrogens with zero attached hydrogens (tertiary/aromatic N) is 1. The van der Waals surface area contributed by atoms with Gasteiger partial charge in [-0.3, -0.25) is 4.79 Å². The number of rotatable bonds is 2. The second-order valence-electron chi connectivity index (χ2n) is 4.40. The summed E-state index contributed by atoms with van der Waals surface area (Å²) >= 11 is 0. The number of amides is 1. The molecule has 1 heterocycles. The normalized spacial score (nSPS) is 13.5. The van der Waals surface area contributed by atoms with Gasteiger partial charge in [-0.2, -0.15) is 5.26 Å². The fourth-order valence-electron chi connectivity index (χ4n) is 1.81. The van der Waals surface area contributed by atoms with Crippen molar-refractivity contribution in [3.05, 3.63) is 40.5 Å². The Morgan fingerprint density at radius 2 is 2.17 bits per heavy atom. The number of benzene rings is 1. The minimum absolute atomic E-state index is 0.131. The standard InChI is InChI=1S/C14H15N3O/c1-9-4-3-5-13(12(9)6-15)17-14(18)10(2)11-7-16-8-11/h3-5,16H,7-8H2,1-2H3,(H,17,18). The molecule has 4 heteroatoms.